The summed E-state index contributed by atoms with van der Waals surface area (Å²) in [6.45, 7) is 6.96. The number of anilines is 1. The molecule has 0 spiro atoms. The second-order valence-corrected chi connectivity index (χ2v) is 7.99. The quantitative estimate of drug-likeness (QED) is 0.555. The molecule has 7 nitrogen and oxygen atoms in total. The maximum atomic E-state index is 12.7. The molecule has 1 saturated heterocycles. The van der Waals surface area contributed by atoms with Crippen molar-refractivity contribution >= 4 is 23.4 Å². The third-order valence-electron chi connectivity index (χ3n) is 5.91. The second-order valence-electron chi connectivity index (χ2n) is 7.99. The highest BCUT2D eigenvalue weighted by atomic mass is 16.2. The van der Waals surface area contributed by atoms with E-state index in [1.807, 2.05) is 24.3 Å². The van der Waals surface area contributed by atoms with E-state index in [2.05, 4.69) is 34.7 Å². The molecule has 32 heavy (non-hydrogen) atoms. The molecule has 1 fully saturated rings. The first-order valence-electron chi connectivity index (χ1n) is 11.3. The van der Waals surface area contributed by atoms with Crippen LogP contribution >= 0.6 is 0 Å². The fraction of sp³-hybridized carbons (Fsp3) is 0.400. The van der Waals surface area contributed by atoms with Gasteiger partial charge in [0.2, 0.25) is 0 Å². The van der Waals surface area contributed by atoms with Crippen molar-refractivity contribution in [2.24, 2.45) is 0 Å². The van der Waals surface area contributed by atoms with Crippen LogP contribution in [0.3, 0.4) is 0 Å². The Morgan fingerprint density at radius 2 is 1.66 bits per heavy atom. The summed E-state index contributed by atoms with van der Waals surface area (Å²) in [5, 5.41) is 8.17. The van der Waals surface area contributed by atoms with Crippen LogP contribution in [0.5, 0.6) is 0 Å². The molecule has 3 amide bonds. The lowest BCUT2D eigenvalue weighted by Gasteiger charge is -2.22. The fourth-order valence-electron chi connectivity index (χ4n) is 3.97. The molecular weight excluding hydrogens is 404 g/mol. The maximum absolute atomic E-state index is 12.7. The number of nitrogens with zero attached hydrogens (tertiary/aromatic N) is 1. The van der Waals surface area contributed by atoms with E-state index in [-0.39, 0.29) is 11.9 Å². The van der Waals surface area contributed by atoms with Crippen LogP contribution in [-0.4, -0.2) is 48.3 Å². The van der Waals surface area contributed by atoms with Gasteiger partial charge < -0.3 is 16.0 Å². The van der Waals surface area contributed by atoms with Crippen LogP contribution in [0.1, 0.15) is 48.2 Å². The minimum atomic E-state index is -0.776. The number of nitrogens with one attached hydrogen (secondary N) is 3. The predicted octanol–water partition coefficient (Wildman–Crippen LogP) is 2.72. The maximum Gasteiger partial charge on any atom is 0.313 e. The molecule has 7 heteroatoms. The average Bonchev–Trinajstić information content (AvgIpc) is 3.29. The predicted molar refractivity (Wildman–Crippen MR) is 125 cm³/mol. The van der Waals surface area contributed by atoms with Crippen molar-refractivity contribution in [3.8, 4) is 0 Å². The van der Waals surface area contributed by atoms with Gasteiger partial charge in [0.1, 0.15) is 0 Å². The molecule has 1 atom stereocenters. The zero-order valence-corrected chi connectivity index (χ0v) is 18.8. The van der Waals surface area contributed by atoms with E-state index in [4.69, 9.17) is 0 Å². The van der Waals surface area contributed by atoms with Crippen LogP contribution < -0.4 is 16.0 Å². The van der Waals surface area contributed by atoms with Gasteiger partial charge in [0.15, 0.2) is 0 Å². The molecule has 3 N–H and O–H groups in total. The van der Waals surface area contributed by atoms with Gasteiger partial charge in [-0.2, -0.15) is 0 Å². The Hall–Kier alpha value is -3.19. The third kappa shape index (κ3) is 6.17. The minimum Gasteiger partial charge on any atom is -0.348 e. The molecule has 0 unspecified atom stereocenters. The van der Waals surface area contributed by atoms with Gasteiger partial charge >= 0.3 is 11.8 Å². The molecule has 3 rings (SSSR count). The van der Waals surface area contributed by atoms with Gasteiger partial charge in [-0.3, -0.25) is 19.3 Å². The summed E-state index contributed by atoms with van der Waals surface area (Å²) < 4.78 is 0. The highest BCUT2D eigenvalue weighted by Crippen LogP contribution is 2.17. The SMILES string of the molecule is CCc1ccc(CNC(=O)c2ccccc2NC(=O)C(=O)NC[C@@H]2CCCN2CC)cc1. The third-order valence-corrected chi connectivity index (χ3v) is 5.91. The highest BCUT2D eigenvalue weighted by molar-refractivity contribution is 6.40. The Morgan fingerprint density at radius 3 is 2.38 bits per heavy atom. The van der Waals surface area contributed by atoms with Gasteiger partial charge in [-0.05, 0) is 55.6 Å². The number of likely N-dealkylation sites (N-methyl/N-ethyl adjacent to an activating group) is 1. The van der Waals surface area contributed by atoms with Crippen molar-refractivity contribution in [2.75, 3.05) is 25.0 Å². The Balaban J connectivity index is 1.55. The molecule has 2 aromatic rings. The second kappa shape index (κ2) is 11.4. The number of rotatable bonds is 8. The van der Waals surface area contributed by atoms with Gasteiger partial charge in [-0.15, -0.1) is 0 Å². The van der Waals surface area contributed by atoms with Crippen molar-refractivity contribution in [3.63, 3.8) is 0 Å². The summed E-state index contributed by atoms with van der Waals surface area (Å²) in [5.41, 5.74) is 2.85. The number of benzene rings is 2. The van der Waals surface area contributed by atoms with E-state index < -0.39 is 11.8 Å². The zero-order valence-electron chi connectivity index (χ0n) is 18.8. The molecule has 0 aromatic heterocycles. The average molecular weight is 437 g/mol. The van der Waals surface area contributed by atoms with Crippen LogP contribution in [-0.2, 0) is 22.6 Å². The molecule has 0 aliphatic carbocycles. The Kier molecular flexibility index (Phi) is 8.39. The van der Waals surface area contributed by atoms with E-state index in [1.54, 1.807) is 24.3 Å². The summed E-state index contributed by atoms with van der Waals surface area (Å²) in [7, 11) is 0. The monoisotopic (exact) mass is 436 g/mol. The number of likely N-dealkylation sites (tertiary alicyclic amines) is 1. The normalized spacial score (nSPS) is 15.9. The Bertz CT molecular complexity index is 942. The molecule has 1 aliphatic rings. The number of carbonyl (C=O) groups is 3. The van der Waals surface area contributed by atoms with E-state index >= 15 is 0 Å². The fourth-order valence-corrected chi connectivity index (χ4v) is 3.97. The van der Waals surface area contributed by atoms with Gasteiger partial charge in [0, 0.05) is 19.1 Å². The lowest BCUT2D eigenvalue weighted by atomic mass is 10.1. The van der Waals surface area contributed by atoms with Crippen LogP contribution in [0.25, 0.3) is 0 Å². The smallest absolute Gasteiger partial charge is 0.313 e. The number of hydrogen-bond donors (Lipinski definition) is 3. The summed E-state index contributed by atoms with van der Waals surface area (Å²) in [4.78, 5) is 39.7. The lowest BCUT2D eigenvalue weighted by molar-refractivity contribution is -0.136. The number of para-hydroxylation sites is 1. The molecule has 1 aliphatic heterocycles. The zero-order chi connectivity index (χ0) is 22.9. The molecule has 1 heterocycles. The first-order valence-corrected chi connectivity index (χ1v) is 11.3. The summed E-state index contributed by atoms with van der Waals surface area (Å²) in [6, 6.07) is 15.0. The highest BCUT2D eigenvalue weighted by Gasteiger charge is 2.25. The summed E-state index contributed by atoms with van der Waals surface area (Å²) in [6.07, 6.45) is 3.08. The molecule has 170 valence electrons. The van der Waals surface area contributed by atoms with Gasteiger partial charge in [-0.25, -0.2) is 0 Å². The topological polar surface area (TPSA) is 90.5 Å². The first kappa shape index (κ1) is 23.5. The van der Waals surface area contributed by atoms with Crippen LogP contribution in [0.15, 0.2) is 48.5 Å². The molecule has 2 aromatic carbocycles. The molecular formula is C25H32N4O3. The van der Waals surface area contributed by atoms with Crippen LogP contribution in [0, 0.1) is 0 Å². The van der Waals surface area contributed by atoms with E-state index in [0.29, 0.717) is 24.3 Å². The van der Waals surface area contributed by atoms with Crippen LogP contribution in [0.4, 0.5) is 5.69 Å². The van der Waals surface area contributed by atoms with E-state index in [9.17, 15) is 14.4 Å². The van der Waals surface area contributed by atoms with E-state index in [1.165, 1.54) is 5.56 Å². The number of aryl methyl sites for hydroxylation is 1. The number of carbonyl (C=O) groups excluding carboxylic acids is 3. The minimum absolute atomic E-state index is 0.265. The van der Waals surface area contributed by atoms with Gasteiger partial charge in [0.05, 0.1) is 11.3 Å². The van der Waals surface area contributed by atoms with Crippen molar-refractivity contribution < 1.29 is 14.4 Å². The molecule has 0 bridgehead atoms. The van der Waals surface area contributed by atoms with Crippen molar-refractivity contribution in [2.45, 2.75) is 45.7 Å². The largest absolute Gasteiger partial charge is 0.348 e. The Labute approximate surface area is 189 Å². The lowest BCUT2D eigenvalue weighted by Crippen LogP contribution is -2.43. The van der Waals surface area contributed by atoms with Gasteiger partial charge in [0.25, 0.3) is 5.91 Å². The van der Waals surface area contributed by atoms with E-state index in [0.717, 1.165) is 37.9 Å². The molecule has 0 radical (unpaired) electrons. The van der Waals surface area contributed by atoms with Gasteiger partial charge in [-0.1, -0.05) is 50.2 Å². The first-order chi connectivity index (χ1) is 15.5. The van der Waals surface area contributed by atoms with Crippen molar-refractivity contribution in [1.82, 2.24) is 15.5 Å². The number of hydrogen-bond acceptors (Lipinski definition) is 4. The standard InChI is InChI=1S/C25H32N4O3/c1-3-18-11-13-19(14-12-18)16-26-23(30)21-9-5-6-10-22(21)28-25(32)24(31)27-17-20-8-7-15-29(20)4-2/h5-6,9-14,20H,3-4,7-8,15-17H2,1-2H3,(H,26,30)(H,27,31)(H,28,32)/t20-/m0/s1. The summed E-state index contributed by atoms with van der Waals surface area (Å²) in [5.74, 6) is -1.79. The number of amides is 3. The summed E-state index contributed by atoms with van der Waals surface area (Å²) >= 11 is 0. The van der Waals surface area contributed by atoms with Crippen molar-refractivity contribution in [1.29, 1.82) is 0 Å². The Morgan fingerprint density at radius 1 is 0.938 bits per heavy atom. The van der Waals surface area contributed by atoms with Crippen LogP contribution in [0.2, 0.25) is 0 Å². The van der Waals surface area contributed by atoms with Crippen molar-refractivity contribution in [3.05, 3.63) is 65.2 Å². The molecule has 0 saturated carbocycles.